The number of ketones is 1. The van der Waals surface area contributed by atoms with Crippen LogP contribution in [0.2, 0.25) is 0 Å². The Morgan fingerprint density at radius 2 is 2.27 bits per heavy atom. The topological polar surface area (TPSA) is 40.9 Å². The van der Waals surface area contributed by atoms with Crippen LogP contribution in [0, 0.1) is 23.1 Å². The molecular formula is C12H10FNO. The van der Waals surface area contributed by atoms with Gasteiger partial charge >= 0.3 is 0 Å². The summed E-state index contributed by atoms with van der Waals surface area (Å²) in [6.45, 7) is 0. The highest BCUT2D eigenvalue weighted by Crippen LogP contribution is 2.35. The van der Waals surface area contributed by atoms with E-state index in [9.17, 15) is 9.18 Å². The van der Waals surface area contributed by atoms with Gasteiger partial charge in [-0.05, 0) is 30.5 Å². The molecule has 2 rings (SSSR count). The number of halogens is 1. The van der Waals surface area contributed by atoms with Crippen molar-refractivity contribution in [1.82, 2.24) is 0 Å². The Morgan fingerprint density at radius 1 is 1.53 bits per heavy atom. The van der Waals surface area contributed by atoms with E-state index >= 15 is 0 Å². The molecule has 0 heterocycles. The monoisotopic (exact) mass is 203 g/mol. The van der Waals surface area contributed by atoms with Gasteiger partial charge in [0.2, 0.25) is 0 Å². The highest BCUT2D eigenvalue weighted by atomic mass is 19.1. The van der Waals surface area contributed by atoms with E-state index in [0.29, 0.717) is 5.56 Å². The van der Waals surface area contributed by atoms with Gasteiger partial charge in [-0.25, -0.2) is 4.39 Å². The maximum atomic E-state index is 12.9. The van der Waals surface area contributed by atoms with Crippen LogP contribution in [-0.4, -0.2) is 5.78 Å². The number of hydrogen-bond donors (Lipinski definition) is 0. The fourth-order valence-corrected chi connectivity index (χ4v) is 1.59. The summed E-state index contributed by atoms with van der Waals surface area (Å²) >= 11 is 0. The molecule has 0 saturated heterocycles. The lowest BCUT2D eigenvalue weighted by Crippen LogP contribution is -2.12. The van der Waals surface area contributed by atoms with E-state index in [0.717, 1.165) is 12.8 Å². The Hall–Kier alpha value is -1.69. The number of nitrogens with zero attached hydrogens (tertiary/aromatic N) is 1. The van der Waals surface area contributed by atoms with Gasteiger partial charge in [-0.3, -0.25) is 4.79 Å². The van der Waals surface area contributed by atoms with Crippen molar-refractivity contribution < 1.29 is 9.18 Å². The van der Waals surface area contributed by atoms with Crippen molar-refractivity contribution >= 4 is 5.78 Å². The fraction of sp³-hybridized carbons (Fsp3) is 0.333. The molecule has 1 aliphatic rings. The van der Waals surface area contributed by atoms with Gasteiger partial charge in [0, 0.05) is 5.92 Å². The second-order valence-corrected chi connectivity index (χ2v) is 3.79. The summed E-state index contributed by atoms with van der Waals surface area (Å²) in [5, 5.41) is 8.92. The van der Waals surface area contributed by atoms with Crippen LogP contribution in [0.25, 0.3) is 0 Å². The third-order valence-electron chi connectivity index (χ3n) is 2.58. The molecule has 1 aromatic carbocycles. The smallest absolute Gasteiger partial charge is 0.157 e. The van der Waals surface area contributed by atoms with Crippen LogP contribution in [0.4, 0.5) is 4.39 Å². The lowest BCUT2D eigenvalue weighted by atomic mass is 9.93. The first-order chi connectivity index (χ1) is 7.22. The van der Waals surface area contributed by atoms with Crippen LogP contribution in [-0.2, 0) is 4.79 Å². The summed E-state index contributed by atoms with van der Waals surface area (Å²) in [5.41, 5.74) is 0.467. The summed E-state index contributed by atoms with van der Waals surface area (Å²) < 4.78 is 12.9. The van der Waals surface area contributed by atoms with Crippen LogP contribution in [0.1, 0.15) is 24.3 Å². The third kappa shape index (κ3) is 2.04. The van der Waals surface area contributed by atoms with Crippen molar-refractivity contribution in [3.05, 3.63) is 35.6 Å². The standard InChI is InChI=1S/C12H10FNO/c13-10-3-1-2-9(6-10)11(7-14)12(15)8-4-5-8/h1-3,6,8,11H,4-5H2/t11-/m0/s1. The molecule has 1 saturated carbocycles. The van der Waals surface area contributed by atoms with Gasteiger partial charge in [-0.2, -0.15) is 5.26 Å². The summed E-state index contributed by atoms with van der Waals surface area (Å²) in [6.07, 6.45) is 1.73. The average Bonchev–Trinajstić information content (AvgIpc) is 3.02. The van der Waals surface area contributed by atoms with Crippen molar-refractivity contribution in [2.75, 3.05) is 0 Å². The maximum absolute atomic E-state index is 12.9. The number of carbonyl (C=O) groups is 1. The largest absolute Gasteiger partial charge is 0.298 e. The number of benzene rings is 1. The van der Waals surface area contributed by atoms with Crippen LogP contribution in [0.15, 0.2) is 24.3 Å². The summed E-state index contributed by atoms with van der Waals surface area (Å²) in [7, 11) is 0. The number of nitriles is 1. The number of Topliss-reactive ketones (excluding diaryl/α,β-unsaturated/α-hetero) is 1. The summed E-state index contributed by atoms with van der Waals surface area (Å²) in [5.74, 6) is -1.24. The van der Waals surface area contributed by atoms with E-state index in [1.165, 1.54) is 18.2 Å². The molecule has 76 valence electrons. The van der Waals surface area contributed by atoms with E-state index < -0.39 is 11.7 Å². The normalized spacial score (nSPS) is 16.8. The molecule has 0 unspecified atom stereocenters. The van der Waals surface area contributed by atoms with E-state index in [4.69, 9.17) is 5.26 Å². The minimum atomic E-state index is -0.798. The molecule has 1 aromatic rings. The van der Waals surface area contributed by atoms with Gasteiger partial charge < -0.3 is 0 Å². The van der Waals surface area contributed by atoms with Gasteiger partial charge in [0.15, 0.2) is 5.78 Å². The van der Waals surface area contributed by atoms with Crippen molar-refractivity contribution in [2.45, 2.75) is 18.8 Å². The quantitative estimate of drug-likeness (QED) is 0.756. The minimum Gasteiger partial charge on any atom is -0.298 e. The predicted octanol–water partition coefficient (Wildman–Crippen LogP) is 2.41. The molecule has 2 nitrogen and oxygen atoms in total. The van der Waals surface area contributed by atoms with Gasteiger partial charge in [0.05, 0.1) is 6.07 Å². The predicted molar refractivity (Wildman–Crippen MR) is 52.5 cm³/mol. The number of hydrogen-bond acceptors (Lipinski definition) is 2. The SMILES string of the molecule is N#C[C@H](C(=O)C1CC1)c1cccc(F)c1. The zero-order valence-electron chi connectivity index (χ0n) is 8.11. The van der Waals surface area contributed by atoms with E-state index in [-0.39, 0.29) is 11.7 Å². The van der Waals surface area contributed by atoms with Gasteiger partial charge in [-0.15, -0.1) is 0 Å². The number of rotatable bonds is 3. The van der Waals surface area contributed by atoms with Gasteiger partial charge in [0.25, 0.3) is 0 Å². The third-order valence-corrected chi connectivity index (χ3v) is 2.58. The van der Waals surface area contributed by atoms with Gasteiger partial charge in [0.1, 0.15) is 11.7 Å². The second-order valence-electron chi connectivity index (χ2n) is 3.79. The van der Waals surface area contributed by atoms with E-state index in [2.05, 4.69) is 0 Å². The minimum absolute atomic E-state index is 0.0258. The number of carbonyl (C=O) groups excluding carboxylic acids is 1. The molecule has 1 atom stereocenters. The maximum Gasteiger partial charge on any atom is 0.157 e. The Bertz CT molecular complexity index is 431. The van der Waals surface area contributed by atoms with Crippen molar-refractivity contribution in [1.29, 1.82) is 5.26 Å². The summed E-state index contributed by atoms with van der Waals surface area (Å²) in [6, 6.07) is 7.66. The van der Waals surface area contributed by atoms with Crippen LogP contribution < -0.4 is 0 Å². The van der Waals surface area contributed by atoms with Gasteiger partial charge in [-0.1, -0.05) is 12.1 Å². The molecule has 0 amide bonds. The first-order valence-electron chi connectivity index (χ1n) is 4.91. The van der Waals surface area contributed by atoms with Crippen molar-refractivity contribution in [3.8, 4) is 6.07 Å². The molecule has 0 radical (unpaired) electrons. The zero-order valence-corrected chi connectivity index (χ0v) is 8.11. The van der Waals surface area contributed by atoms with Crippen LogP contribution in [0.5, 0.6) is 0 Å². The Morgan fingerprint density at radius 3 is 2.80 bits per heavy atom. The molecule has 15 heavy (non-hydrogen) atoms. The Balaban J connectivity index is 2.26. The van der Waals surface area contributed by atoms with E-state index in [1.807, 2.05) is 6.07 Å². The Labute approximate surface area is 87.3 Å². The zero-order chi connectivity index (χ0) is 10.8. The highest BCUT2D eigenvalue weighted by molar-refractivity contribution is 5.91. The summed E-state index contributed by atoms with van der Waals surface area (Å²) in [4.78, 5) is 11.7. The molecule has 3 heteroatoms. The molecule has 1 fully saturated rings. The Kier molecular flexibility index (Phi) is 2.51. The first kappa shape index (κ1) is 9.85. The average molecular weight is 203 g/mol. The molecule has 0 spiro atoms. The second kappa shape index (κ2) is 3.82. The van der Waals surface area contributed by atoms with E-state index in [1.54, 1.807) is 6.07 Å². The molecule has 0 bridgehead atoms. The lowest BCUT2D eigenvalue weighted by molar-refractivity contribution is -0.120. The molecule has 0 aliphatic heterocycles. The highest BCUT2D eigenvalue weighted by Gasteiger charge is 2.35. The van der Waals surface area contributed by atoms with Crippen molar-refractivity contribution in [3.63, 3.8) is 0 Å². The van der Waals surface area contributed by atoms with Crippen LogP contribution >= 0.6 is 0 Å². The lowest BCUT2D eigenvalue weighted by Gasteiger charge is -2.07. The molecule has 0 N–H and O–H groups in total. The molecular weight excluding hydrogens is 193 g/mol. The molecule has 1 aliphatic carbocycles. The first-order valence-corrected chi connectivity index (χ1v) is 4.91. The molecule has 0 aromatic heterocycles. The van der Waals surface area contributed by atoms with Crippen molar-refractivity contribution in [2.24, 2.45) is 5.92 Å². The fourth-order valence-electron chi connectivity index (χ4n) is 1.59. The van der Waals surface area contributed by atoms with Crippen LogP contribution in [0.3, 0.4) is 0 Å².